The second-order valence-electron chi connectivity index (χ2n) is 3.08. The third-order valence-corrected chi connectivity index (χ3v) is 2.93. The van der Waals surface area contributed by atoms with E-state index in [0.717, 1.165) is 0 Å². The van der Waals surface area contributed by atoms with Gasteiger partial charge >= 0.3 is 5.97 Å². The molecule has 0 radical (unpaired) electrons. The zero-order valence-electron chi connectivity index (χ0n) is 9.04. The van der Waals surface area contributed by atoms with Crippen LogP contribution in [0.15, 0.2) is 10.7 Å². The zero-order chi connectivity index (χ0) is 13.0. The van der Waals surface area contributed by atoms with E-state index < -0.39 is 18.1 Å². The van der Waals surface area contributed by atoms with Crippen molar-refractivity contribution in [3.8, 4) is 0 Å². The number of aromatic nitrogens is 1. The largest absolute Gasteiger partial charge is 0.462 e. The van der Waals surface area contributed by atoms with Crippen molar-refractivity contribution >= 4 is 21.9 Å². The first-order valence-electron chi connectivity index (χ1n) is 4.85. The molecule has 7 heteroatoms. The summed E-state index contributed by atoms with van der Waals surface area (Å²) in [7, 11) is 0. The van der Waals surface area contributed by atoms with E-state index in [1.165, 1.54) is 6.20 Å². The molecule has 4 nitrogen and oxygen atoms in total. The summed E-state index contributed by atoms with van der Waals surface area (Å²) in [5, 5.41) is 0. The molecule has 0 atom stereocenters. The fourth-order valence-electron chi connectivity index (χ4n) is 1.25. The van der Waals surface area contributed by atoms with E-state index in [0.29, 0.717) is 5.56 Å². The van der Waals surface area contributed by atoms with E-state index in [9.17, 15) is 13.6 Å². The molecule has 0 saturated heterocycles. The molecule has 1 aromatic rings. The number of carbonyl (C=O) groups is 1. The first-order chi connectivity index (χ1) is 8.02. The lowest BCUT2D eigenvalue weighted by molar-refractivity contribution is 0.0512. The second-order valence-corrected chi connectivity index (χ2v) is 3.88. The summed E-state index contributed by atoms with van der Waals surface area (Å²) in [6.07, 6.45) is -1.63. The van der Waals surface area contributed by atoms with Gasteiger partial charge in [0.15, 0.2) is 0 Å². The summed E-state index contributed by atoms with van der Waals surface area (Å²) in [4.78, 5) is 15.1. The Morgan fingerprint density at radius 2 is 2.29 bits per heavy atom. The molecule has 0 fully saturated rings. The summed E-state index contributed by atoms with van der Waals surface area (Å²) < 4.78 is 30.4. The molecule has 1 aromatic heterocycles. The molecule has 0 aliphatic rings. The van der Waals surface area contributed by atoms with Crippen LogP contribution in [0, 0.1) is 0 Å². The van der Waals surface area contributed by atoms with Gasteiger partial charge in [0.1, 0.15) is 11.3 Å². The van der Waals surface area contributed by atoms with Crippen LogP contribution < -0.4 is 5.73 Å². The average molecular weight is 309 g/mol. The van der Waals surface area contributed by atoms with Gasteiger partial charge in [-0.1, -0.05) is 0 Å². The lowest BCUT2D eigenvalue weighted by Gasteiger charge is -2.11. The molecular formula is C10H11BrF2N2O2. The molecule has 0 amide bonds. The van der Waals surface area contributed by atoms with Crippen LogP contribution in [0.4, 0.5) is 8.78 Å². The molecule has 0 aromatic carbocycles. The van der Waals surface area contributed by atoms with Gasteiger partial charge in [0.05, 0.1) is 6.61 Å². The Kier molecular flexibility index (Phi) is 4.95. The fourth-order valence-corrected chi connectivity index (χ4v) is 1.88. The smallest absolute Gasteiger partial charge is 0.341 e. The molecule has 94 valence electrons. The Morgan fingerprint density at radius 1 is 1.65 bits per heavy atom. The number of hydrogen-bond acceptors (Lipinski definition) is 4. The molecule has 0 bridgehead atoms. The minimum absolute atomic E-state index is 0.0868. The average Bonchev–Trinajstić information content (AvgIpc) is 2.28. The van der Waals surface area contributed by atoms with Crippen molar-refractivity contribution < 1.29 is 18.3 Å². The highest BCUT2D eigenvalue weighted by Crippen LogP contribution is 2.29. The predicted octanol–water partition coefficient (Wildman–Crippen LogP) is 2.42. The molecular weight excluding hydrogens is 298 g/mol. The van der Waals surface area contributed by atoms with Crippen LogP contribution in [0.1, 0.15) is 35.0 Å². The van der Waals surface area contributed by atoms with Crippen molar-refractivity contribution in [1.29, 1.82) is 0 Å². The summed E-state index contributed by atoms with van der Waals surface area (Å²) in [6, 6.07) is 0. The Hall–Kier alpha value is -1.08. The molecule has 1 rings (SSSR count). The Labute approximate surface area is 105 Å². The van der Waals surface area contributed by atoms with E-state index in [2.05, 4.69) is 20.9 Å². The Bertz CT molecular complexity index is 427. The lowest BCUT2D eigenvalue weighted by Crippen LogP contribution is -2.13. The van der Waals surface area contributed by atoms with Crippen LogP contribution in [0.25, 0.3) is 0 Å². The van der Waals surface area contributed by atoms with Crippen molar-refractivity contribution in [3.63, 3.8) is 0 Å². The van der Waals surface area contributed by atoms with Crippen molar-refractivity contribution in [1.82, 2.24) is 4.98 Å². The van der Waals surface area contributed by atoms with E-state index in [1.807, 2.05) is 0 Å². The molecule has 0 saturated carbocycles. The maximum absolute atomic E-state index is 12.7. The molecule has 0 spiro atoms. The zero-order valence-corrected chi connectivity index (χ0v) is 10.6. The van der Waals surface area contributed by atoms with Crippen LogP contribution in [0.5, 0.6) is 0 Å². The van der Waals surface area contributed by atoms with E-state index in [-0.39, 0.29) is 23.2 Å². The summed E-state index contributed by atoms with van der Waals surface area (Å²) in [6.45, 7) is 1.78. The molecule has 17 heavy (non-hydrogen) atoms. The van der Waals surface area contributed by atoms with Crippen LogP contribution in [0.3, 0.4) is 0 Å². The standard InChI is InChI=1S/C10H11BrF2N2O2/c1-2-17-10(16)6-7(11)5(3-14)4-15-8(6)9(12)13/h4,9H,2-3,14H2,1H3. The molecule has 0 aliphatic carbocycles. The van der Waals surface area contributed by atoms with Gasteiger partial charge in [-0.3, -0.25) is 4.98 Å². The number of halogens is 3. The number of nitrogens with zero attached hydrogens (tertiary/aromatic N) is 1. The van der Waals surface area contributed by atoms with Gasteiger partial charge in [0, 0.05) is 17.2 Å². The highest BCUT2D eigenvalue weighted by molar-refractivity contribution is 9.10. The lowest BCUT2D eigenvalue weighted by atomic mass is 10.1. The Balaban J connectivity index is 3.34. The third-order valence-electron chi connectivity index (χ3n) is 2.02. The maximum atomic E-state index is 12.7. The number of pyridine rings is 1. The number of nitrogens with two attached hydrogens (primary N) is 1. The van der Waals surface area contributed by atoms with Crippen molar-refractivity contribution in [3.05, 3.63) is 27.5 Å². The first-order valence-corrected chi connectivity index (χ1v) is 5.64. The normalized spacial score (nSPS) is 10.7. The quantitative estimate of drug-likeness (QED) is 0.868. The van der Waals surface area contributed by atoms with E-state index >= 15 is 0 Å². The van der Waals surface area contributed by atoms with Gasteiger partial charge in [-0.2, -0.15) is 0 Å². The number of hydrogen-bond donors (Lipinski definition) is 1. The predicted molar refractivity (Wildman–Crippen MR) is 60.7 cm³/mol. The van der Waals surface area contributed by atoms with Gasteiger partial charge < -0.3 is 10.5 Å². The molecule has 2 N–H and O–H groups in total. The summed E-state index contributed by atoms with van der Waals surface area (Å²) in [5.74, 6) is -0.836. The van der Waals surface area contributed by atoms with Gasteiger partial charge in [-0.25, -0.2) is 13.6 Å². The Morgan fingerprint density at radius 3 is 2.76 bits per heavy atom. The van der Waals surface area contributed by atoms with Gasteiger partial charge in [0.25, 0.3) is 6.43 Å². The minimum Gasteiger partial charge on any atom is -0.462 e. The number of rotatable bonds is 4. The van der Waals surface area contributed by atoms with Crippen LogP contribution >= 0.6 is 15.9 Å². The van der Waals surface area contributed by atoms with Crippen molar-refractivity contribution in [2.24, 2.45) is 5.73 Å². The molecule has 0 unspecified atom stereocenters. The van der Waals surface area contributed by atoms with E-state index in [4.69, 9.17) is 10.5 Å². The number of esters is 1. The third kappa shape index (κ3) is 2.98. The first kappa shape index (κ1) is 14.0. The highest BCUT2D eigenvalue weighted by Gasteiger charge is 2.25. The van der Waals surface area contributed by atoms with Gasteiger partial charge in [-0.15, -0.1) is 0 Å². The number of carbonyl (C=O) groups excluding carboxylic acids is 1. The van der Waals surface area contributed by atoms with Crippen LogP contribution in [-0.2, 0) is 11.3 Å². The summed E-state index contributed by atoms with van der Waals surface area (Å²) >= 11 is 3.08. The number of alkyl halides is 2. The van der Waals surface area contributed by atoms with Crippen LogP contribution in [0.2, 0.25) is 0 Å². The number of ether oxygens (including phenoxy) is 1. The topological polar surface area (TPSA) is 65.2 Å². The fraction of sp³-hybridized carbons (Fsp3) is 0.400. The molecule has 1 heterocycles. The maximum Gasteiger partial charge on any atom is 0.341 e. The summed E-state index contributed by atoms with van der Waals surface area (Å²) in [5.41, 5.74) is 5.02. The van der Waals surface area contributed by atoms with Gasteiger partial charge in [-0.05, 0) is 28.4 Å². The van der Waals surface area contributed by atoms with E-state index in [1.54, 1.807) is 6.92 Å². The highest BCUT2D eigenvalue weighted by atomic mass is 79.9. The van der Waals surface area contributed by atoms with Gasteiger partial charge in [0.2, 0.25) is 0 Å². The van der Waals surface area contributed by atoms with Crippen molar-refractivity contribution in [2.75, 3.05) is 6.61 Å². The van der Waals surface area contributed by atoms with Crippen LogP contribution in [-0.4, -0.2) is 17.6 Å². The SMILES string of the molecule is CCOC(=O)c1c(C(F)F)ncc(CN)c1Br. The molecule has 0 aliphatic heterocycles. The van der Waals surface area contributed by atoms with Crippen molar-refractivity contribution in [2.45, 2.75) is 19.9 Å². The monoisotopic (exact) mass is 308 g/mol. The second kappa shape index (κ2) is 6.02. The minimum atomic E-state index is -2.85.